The van der Waals surface area contributed by atoms with Crippen molar-refractivity contribution in [1.82, 2.24) is 15.2 Å². The predicted octanol–water partition coefficient (Wildman–Crippen LogP) is 3.37. The zero-order valence-corrected chi connectivity index (χ0v) is 13.4. The minimum absolute atomic E-state index is 0.143. The second-order valence-electron chi connectivity index (χ2n) is 6.43. The molecule has 1 N–H and O–H groups in total. The van der Waals surface area contributed by atoms with Crippen molar-refractivity contribution in [1.29, 1.82) is 0 Å². The Balaban J connectivity index is 2.40. The van der Waals surface area contributed by atoms with Crippen LogP contribution >= 0.6 is 0 Å². The first-order valence-electron chi connectivity index (χ1n) is 7.39. The van der Waals surface area contributed by atoms with E-state index in [1.807, 2.05) is 12.3 Å². The van der Waals surface area contributed by atoms with Crippen LogP contribution < -0.4 is 5.32 Å². The van der Waals surface area contributed by atoms with Gasteiger partial charge in [0.1, 0.15) is 0 Å². The van der Waals surface area contributed by atoms with E-state index in [0.29, 0.717) is 0 Å². The Labute approximate surface area is 124 Å². The van der Waals surface area contributed by atoms with E-state index in [-0.39, 0.29) is 5.54 Å². The van der Waals surface area contributed by atoms with Crippen LogP contribution in [-0.2, 0) is 13.1 Å². The van der Waals surface area contributed by atoms with Crippen molar-refractivity contribution >= 4 is 0 Å². The standard InChI is InChI=1S/C17H29N3/c1-6-7-8-11-20(5)14-16-10-9-15(12-18-16)13-19-17(2,3)4/h6,9-10,12,19H,1,7-8,11,13-14H2,2-5H3. The number of nitrogens with zero attached hydrogens (tertiary/aromatic N) is 2. The Morgan fingerprint density at radius 2 is 2.10 bits per heavy atom. The highest BCUT2D eigenvalue weighted by atomic mass is 15.1. The number of hydrogen-bond donors (Lipinski definition) is 1. The molecule has 1 heterocycles. The van der Waals surface area contributed by atoms with Gasteiger partial charge in [0.05, 0.1) is 5.69 Å². The third kappa shape index (κ3) is 7.41. The summed E-state index contributed by atoms with van der Waals surface area (Å²) in [5.41, 5.74) is 2.51. The van der Waals surface area contributed by atoms with Gasteiger partial charge in [-0.2, -0.15) is 0 Å². The lowest BCUT2D eigenvalue weighted by atomic mass is 10.1. The first kappa shape index (κ1) is 16.9. The molecular formula is C17H29N3. The van der Waals surface area contributed by atoms with E-state index in [2.05, 4.69) is 61.7 Å². The fourth-order valence-corrected chi connectivity index (χ4v) is 1.88. The summed E-state index contributed by atoms with van der Waals surface area (Å²) in [6, 6.07) is 4.29. The summed E-state index contributed by atoms with van der Waals surface area (Å²) in [6.07, 6.45) is 6.19. The van der Waals surface area contributed by atoms with Crippen LogP contribution in [0.3, 0.4) is 0 Å². The average Bonchev–Trinajstić information content (AvgIpc) is 2.37. The zero-order chi connectivity index (χ0) is 15.0. The van der Waals surface area contributed by atoms with Crippen LogP contribution in [-0.4, -0.2) is 29.0 Å². The number of pyridine rings is 1. The summed E-state index contributed by atoms with van der Waals surface area (Å²) >= 11 is 0. The Hall–Kier alpha value is -1.19. The van der Waals surface area contributed by atoms with Crippen LogP contribution in [0.25, 0.3) is 0 Å². The van der Waals surface area contributed by atoms with Crippen LogP contribution in [0.5, 0.6) is 0 Å². The van der Waals surface area contributed by atoms with Crippen molar-refractivity contribution in [3.8, 4) is 0 Å². The third-order valence-electron chi connectivity index (χ3n) is 3.09. The maximum Gasteiger partial charge on any atom is 0.0544 e. The Morgan fingerprint density at radius 3 is 2.65 bits per heavy atom. The van der Waals surface area contributed by atoms with Gasteiger partial charge in [0.15, 0.2) is 0 Å². The number of unbranched alkanes of at least 4 members (excludes halogenated alkanes) is 1. The quantitative estimate of drug-likeness (QED) is 0.582. The van der Waals surface area contributed by atoms with Gasteiger partial charge in [0, 0.05) is 24.8 Å². The minimum Gasteiger partial charge on any atom is -0.308 e. The first-order valence-corrected chi connectivity index (χ1v) is 7.39. The molecule has 3 nitrogen and oxygen atoms in total. The van der Waals surface area contributed by atoms with Gasteiger partial charge in [0.25, 0.3) is 0 Å². The molecule has 0 aliphatic rings. The number of allylic oxidation sites excluding steroid dienone is 1. The van der Waals surface area contributed by atoms with Gasteiger partial charge in [-0.05, 0) is 58.8 Å². The molecule has 0 aliphatic carbocycles. The van der Waals surface area contributed by atoms with Crippen molar-refractivity contribution in [2.45, 2.75) is 52.2 Å². The lowest BCUT2D eigenvalue weighted by Gasteiger charge is -2.20. The molecule has 0 fully saturated rings. The summed E-state index contributed by atoms with van der Waals surface area (Å²) in [4.78, 5) is 6.85. The largest absolute Gasteiger partial charge is 0.308 e. The van der Waals surface area contributed by atoms with Gasteiger partial charge in [0.2, 0.25) is 0 Å². The minimum atomic E-state index is 0.143. The van der Waals surface area contributed by atoms with E-state index >= 15 is 0 Å². The Kier molecular flexibility index (Phi) is 6.89. The molecule has 112 valence electrons. The molecule has 20 heavy (non-hydrogen) atoms. The van der Waals surface area contributed by atoms with Crippen LogP contribution in [0.15, 0.2) is 31.0 Å². The highest BCUT2D eigenvalue weighted by Crippen LogP contribution is 2.06. The summed E-state index contributed by atoms with van der Waals surface area (Å²) in [5.74, 6) is 0. The third-order valence-corrected chi connectivity index (χ3v) is 3.09. The summed E-state index contributed by atoms with van der Waals surface area (Å²) < 4.78 is 0. The van der Waals surface area contributed by atoms with Crippen molar-refractivity contribution in [3.63, 3.8) is 0 Å². The maximum atomic E-state index is 4.55. The SMILES string of the molecule is C=CCCCN(C)Cc1ccc(CNC(C)(C)C)cn1. The summed E-state index contributed by atoms with van der Waals surface area (Å²) in [5, 5.41) is 3.47. The molecule has 1 rings (SSSR count). The topological polar surface area (TPSA) is 28.2 Å². The molecule has 0 atom stereocenters. The fraction of sp³-hybridized carbons (Fsp3) is 0.588. The number of hydrogen-bond acceptors (Lipinski definition) is 3. The molecule has 0 spiro atoms. The van der Waals surface area contributed by atoms with Crippen molar-refractivity contribution in [2.75, 3.05) is 13.6 Å². The monoisotopic (exact) mass is 275 g/mol. The zero-order valence-electron chi connectivity index (χ0n) is 13.4. The Morgan fingerprint density at radius 1 is 1.35 bits per heavy atom. The van der Waals surface area contributed by atoms with E-state index < -0.39 is 0 Å². The number of rotatable bonds is 8. The summed E-state index contributed by atoms with van der Waals surface area (Å²) in [6.45, 7) is 13.1. The molecule has 0 unspecified atom stereocenters. The molecule has 0 amide bonds. The lowest BCUT2D eigenvalue weighted by molar-refractivity contribution is 0.319. The van der Waals surface area contributed by atoms with Gasteiger partial charge in [-0.25, -0.2) is 0 Å². The average molecular weight is 275 g/mol. The van der Waals surface area contributed by atoms with E-state index in [1.54, 1.807) is 0 Å². The van der Waals surface area contributed by atoms with E-state index in [9.17, 15) is 0 Å². The van der Waals surface area contributed by atoms with Gasteiger partial charge in [-0.3, -0.25) is 4.98 Å². The fourth-order valence-electron chi connectivity index (χ4n) is 1.88. The van der Waals surface area contributed by atoms with E-state index in [0.717, 1.165) is 38.2 Å². The molecule has 0 saturated carbocycles. The normalized spacial score (nSPS) is 11.8. The van der Waals surface area contributed by atoms with Crippen LogP contribution in [0.2, 0.25) is 0 Å². The van der Waals surface area contributed by atoms with Crippen LogP contribution in [0.1, 0.15) is 44.9 Å². The smallest absolute Gasteiger partial charge is 0.0544 e. The molecule has 0 saturated heterocycles. The molecule has 0 bridgehead atoms. The van der Waals surface area contributed by atoms with Crippen molar-refractivity contribution in [2.24, 2.45) is 0 Å². The van der Waals surface area contributed by atoms with Gasteiger partial charge in [-0.1, -0.05) is 12.1 Å². The van der Waals surface area contributed by atoms with Crippen LogP contribution in [0.4, 0.5) is 0 Å². The number of aromatic nitrogens is 1. The van der Waals surface area contributed by atoms with E-state index in [4.69, 9.17) is 0 Å². The highest BCUT2D eigenvalue weighted by Gasteiger charge is 2.08. The molecule has 3 heteroatoms. The Bertz CT molecular complexity index is 390. The van der Waals surface area contributed by atoms with E-state index in [1.165, 1.54) is 5.56 Å². The van der Waals surface area contributed by atoms with Gasteiger partial charge in [-0.15, -0.1) is 6.58 Å². The molecule has 1 aromatic heterocycles. The van der Waals surface area contributed by atoms with Crippen molar-refractivity contribution in [3.05, 3.63) is 42.2 Å². The lowest BCUT2D eigenvalue weighted by Crippen LogP contribution is -2.35. The highest BCUT2D eigenvalue weighted by molar-refractivity contribution is 5.14. The predicted molar refractivity (Wildman–Crippen MR) is 86.6 cm³/mol. The molecule has 0 aliphatic heterocycles. The molecular weight excluding hydrogens is 246 g/mol. The number of nitrogens with one attached hydrogen (secondary N) is 1. The first-order chi connectivity index (χ1) is 9.40. The maximum absolute atomic E-state index is 4.55. The van der Waals surface area contributed by atoms with Gasteiger partial charge >= 0.3 is 0 Å². The van der Waals surface area contributed by atoms with Crippen LogP contribution in [0, 0.1) is 0 Å². The second-order valence-corrected chi connectivity index (χ2v) is 6.43. The molecule has 0 radical (unpaired) electrons. The molecule has 1 aromatic rings. The summed E-state index contributed by atoms with van der Waals surface area (Å²) in [7, 11) is 2.14. The second kappa shape index (κ2) is 8.18. The molecule has 0 aromatic carbocycles. The van der Waals surface area contributed by atoms with Gasteiger partial charge < -0.3 is 10.2 Å². The van der Waals surface area contributed by atoms with Crippen molar-refractivity contribution < 1.29 is 0 Å².